The lowest BCUT2D eigenvalue weighted by molar-refractivity contribution is -0.139. The molecule has 0 aliphatic rings. The van der Waals surface area contributed by atoms with Crippen molar-refractivity contribution in [3.05, 3.63) is 27.2 Å². The number of nitrogens with zero attached hydrogens (tertiary/aromatic N) is 2. The maximum Gasteiger partial charge on any atom is 0.341 e. The van der Waals surface area contributed by atoms with Crippen LogP contribution in [0.5, 0.6) is 5.75 Å². The predicted molar refractivity (Wildman–Crippen MR) is 75.7 cm³/mol. The van der Waals surface area contributed by atoms with E-state index in [1.807, 2.05) is 0 Å². The number of carboxylic acids is 1. The first-order valence-electron chi connectivity index (χ1n) is 4.85. The quantitative estimate of drug-likeness (QED) is 0.418. The third kappa shape index (κ3) is 5.14. The van der Waals surface area contributed by atoms with Crippen LogP contribution in [0.3, 0.4) is 0 Å². The maximum absolute atomic E-state index is 10.5. The highest BCUT2D eigenvalue weighted by Gasteiger charge is 2.10. The van der Waals surface area contributed by atoms with E-state index in [1.165, 1.54) is 12.3 Å². The van der Waals surface area contributed by atoms with Gasteiger partial charge >= 0.3 is 5.97 Å². The lowest BCUT2D eigenvalue weighted by Crippen LogP contribution is -2.21. The topological polar surface area (TPSA) is 123 Å². The molecule has 0 heterocycles. The summed E-state index contributed by atoms with van der Waals surface area (Å²) in [5, 5.41) is 16.1. The Morgan fingerprint density at radius 3 is 2.79 bits per heavy atom. The molecule has 1 rings (SSSR count). The van der Waals surface area contributed by atoms with Crippen LogP contribution in [-0.2, 0) is 4.79 Å². The molecule has 5 N–H and O–H groups in total. The first-order chi connectivity index (χ1) is 8.90. The number of carboxylic acid groups (broad SMARTS) is 1. The molecule has 0 saturated heterocycles. The van der Waals surface area contributed by atoms with Crippen molar-refractivity contribution in [3.63, 3.8) is 0 Å². The van der Waals surface area contributed by atoms with Gasteiger partial charge in [-0.2, -0.15) is 5.10 Å². The molecule has 0 bridgehead atoms. The Hall–Kier alpha value is -1.80. The van der Waals surface area contributed by atoms with Crippen molar-refractivity contribution in [3.8, 4) is 5.75 Å². The molecule has 102 valence electrons. The summed E-state index contributed by atoms with van der Waals surface area (Å²) in [5.41, 5.74) is 10.7. The average Bonchev–Trinajstić information content (AvgIpc) is 2.26. The second-order valence-corrected chi connectivity index (χ2v) is 4.55. The molecule has 1 aromatic rings. The smallest absolute Gasteiger partial charge is 0.341 e. The van der Waals surface area contributed by atoms with E-state index in [-0.39, 0.29) is 11.7 Å². The lowest BCUT2D eigenvalue weighted by Gasteiger charge is -2.09. The number of halogens is 2. The number of guanidine groups is 1. The van der Waals surface area contributed by atoms with Crippen molar-refractivity contribution < 1.29 is 14.6 Å². The van der Waals surface area contributed by atoms with E-state index in [2.05, 4.69) is 26.1 Å². The molecule has 0 spiro atoms. The zero-order valence-electron chi connectivity index (χ0n) is 9.51. The Balaban J connectivity index is 3.09. The van der Waals surface area contributed by atoms with Crippen LogP contribution >= 0.6 is 27.5 Å². The van der Waals surface area contributed by atoms with Crippen molar-refractivity contribution in [2.24, 2.45) is 21.7 Å². The van der Waals surface area contributed by atoms with Gasteiger partial charge in [-0.25, -0.2) is 4.79 Å². The van der Waals surface area contributed by atoms with E-state index in [4.69, 9.17) is 32.9 Å². The monoisotopic (exact) mass is 348 g/mol. The van der Waals surface area contributed by atoms with E-state index in [0.29, 0.717) is 15.1 Å². The largest absolute Gasteiger partial charge is 0.480 e. The van der Waals surface area contributed by atoms with Gasteiger partial charge in [0.1, 0.15) is 5.75 Å². The van der Waals surface area contributed by atoms with E-state index in [1.54, 1.807) is 6.07 Å². The van der Waals surface area contributed by atoms with Gasteiger partial charge in [0, 0.05) is 10.6 Å². The summed E-state index contributed by atoms with van der Waals surface area (Å²) in [4.78, 5) is 10.5. The van der Waals surface area contributed by atoms with Gasteiger partial charge < -0.3 is 21.3 Å². The zero-order valence-corrected chi connectivity index (χ0v) is 11.8. The molecule has 0 aromatic heterocycles. The van der Waals surface area contributed by atoms with Crippen molar-refractivity contribution in [1.82, 2.24) is 0 Å². The van der Waals surface area contributed by atoms with Crippen molar-refractivity contribution in [2.75, 3.05) is 6.61 Å². The summed E-state index contributed by atoms with van der Waals surface area (Å²) in [5.74, 6) is -1.03. The number of nitrogens with two attached hydrogens (primary N) is 2. The third-order valence-corrected chi connectivity index (χ3v) is 2.55. The fraction of sp³-hybridized carbons (Fsp3) is 0.100. The molecule has 0 fully saturated rings. The normalized spacial score (nSPS) is 10.4. The van der Waals surface area contributed by atoms with Gasteiger partial charge in [-0.05, 0) is 28.1 Å². The molecule has 0 amide bonds. The molecule has 1 aromatic carbocycles. The Kier molecular flexibility index (Phi) is 5.58. The van der Waals surface area contributed by atoms with Crippen LogP contribution < -0.4 is 16.2 Å². The van der Waals surface area contributed by atoms with Gasteiger partial charge in [0.2, 0.25) is 5.96 Å². The molecule has 7 nitrogen and oxygen atoms in total. The molecule has 0 saturated carbocycles. The molecule has 0 atom stereocenters. The number of carbonyl (C=O) groups is 1. The second kappa shape index (κ2) is 6.95. The number of ether oxygens (including phenoxy) is 1. The van der Waals surface area contributed by atoms with E-state index in [0.717, 1.165) is 0 Å². The minimum atomic E-state index is -1.10. The summed E-state index contributed by atoms with van der Waals surface area (Å²) in [6.45, 7) is -0.497. The van der Waals surface area contributed by atoms with Crippen LogP contribution in [0.25, 0.3) is 0 Å². The summed E-state index contributed by atoms with van der Waals surface area (Å²) in [7, 11) is 0. The highest BCUT2D eigenvalue weighted by molar-refractivity contribution is 9.10. The molecule has 0 aliphatic heterocycles. The van der Waals surface area contributed by atoms with Crippen LogP contribution in [-0.4, -0.2) is 29.9 Å². The van der Waals surface area contributed by atoms with Gasteiger partial charge in [0.15, 0.2) is 6.61 Å². The van der Waals surface area contributed by atoms with Gasteiger partial charge in [0.25, 0.3) is 0 Å². The highest BCUT2D eigenvalue weighted by atomic mass is 79.9. The van der Waals surface area contributed by atoms with Gasteiger partial charge in [0.05, 0.1) is 10.7 Å². The van der Waals surface area contributed by atoms with Gasteiger partial charge in [-0.3, -0.25) is 0 Å². The van der Waals surface area contributed by atoms with E-state index >= 15 is 0 Å². The second-order valence-electron chi connectivity index (χ2n) is 3.26. The molecule has 0 aliphatic carbocycles. The Morgan fingerprint density at radius 1 is 1.53 bits per heavy atom. The number of hydrogen-bond acceptors (Lipinski definition) is 4. The van der Waals surface area contributed by atoms with E-state index < -0.39 is 12.6 Å². The standard InChI is InChI=1S/C10H10BrClN4O3/c11-7-2-6(12)1-5(3-15-16-10(13)14)9(7)19-4-8(17)18/h1-3H,4H2,(H,17,18)(H4,13,14,16). The SMILES string of the molecule is NC(N)=NN=Cc1cc(Cl)cc(Br)c1OCC(=O)O. The van der Waals surface area contributed by atoms with Crippen LogP contribution in [0.15, 0.2) is 26.8 Å². The molecule has 9 heteroatoms. The van der Waals surface area contributed by atoms with Crippen LogP contribution in [0.1, 0.15) is 5.56 Å². The first-order valence-corrected chi connectivity index (χ1v) is 6.03. The van der Waals surface area contributed by atoms with Gasteiger partial charge in [-0.15, -0.1) is 5.10 Å². The van der Waals surface area contributed by atoms with Crippen molar-refractivity contribution >= 4 is 45.7 Å². The number of rotatable bonds is 5. The Labute approximate surface area is 122 Å². The molecule has 0 radical (unpaired) electrons. The fourth-order valence-electron chi connectivity index (χ4n) is 1.12. The third-order valence-electron chi connectivity index (χ3n) is 1.75. The molecular weight excluding hydrogens is 339 g/mol. The Morgan fingerprint density at radius 2 is 2.21 bits per heavy atom. The average molecular weight is 350 g/mol. The van der Waals surface area contributed by atoms with Crippen LogP contribution in [0.2, 0.25) is 5.02 Å². The number of aliphatic carboxylic acids is 1. The lowest BCUT2D eigenvalue weighted by atomic mass is 10.2. The Bertz CT molecular complexity index is 544. The summed E-state index contributed by atoms with van der Waals surface area (Å²) >= 11 is 9.10. The predicted octanol–water partition coefficient (Wildman–Crippen LogP) is 1.17. The highest BCUT2D eigenvalue weighted by Crippen LogP contribution is 2.31. The van der Waals surface area contributed by atoms with Crippen LogP contribution in [0.4, 0.5) is 0 Å². The minimum Gasteiger partial charge on any atom is -0.480 e. The van der Waals surface area contributed by atoms with Crippen LogP contribution in [0, 0.1) is 0 Å². The zero-order chi connectivity index (χ0) is 14.4. The maximum atomic E-state index is 10.5. The molecule has 19 heavy (non-hydrogen) atoms. The first kappa shape index (κ1) is 15.3. The van der Waals surface area contributed by atoms with Crippen molar-refractivity contribution in [2.45, 2.75) is 0 Å². The van der Waals surface area contributed by atoms with Crippen molar-refractivity contribution in [1.29, 1.82) is 0 Å². The number of benzene rings is 1. The van der Waals surface area contributed by atoms with E-state index in [9.17, 15) is 4.79 Å². The number of hydrogen-bond donors (Lipinski definition) is 3. The molecule has 0 unspecified atom stereocenters. The summed E-state index contributed by atoms with van der Waals surface area (Å²) < 4.78 is 5.63. The fourth-order valence-corrected chi connectivity index (χ4v) is 2.07. The minimum absolute atomic E-state index is 0.203. The van der Waals surface area contributed by atoms with Gasteiger partial charge in [-0.1, -0.05) is 11.6 Å². The summed E-state index contributed by atoms with van der Waals surface area (Å²) in [6, 6.07) is 3.10. The summed E-state index contributed by atoms with van der Waals surface area (Å²) in [6.07, 6.45) is 1.30. The molecular formula is C10H10BrClN4O3.